The minimum absolute atomic E-state index is 0.201. The molecule has 0 aliphatic heterocycles. The maximum Gasteiger partial charge on any atom is 0.137 e. The van der Waals surface area contributed by atoms with E-state index in [0.29, 0.717) is 10.8 Å². The second kappa shape index (κ2) is 6.25. The summed E-state index contributed by atoms with van der Waals surface area (Å²) < 4.78 is 19.4. The van der Waals surface area contributed by atoms with Gasteiger partial charge in [0.2, 0.25) is 0 Å². The first-order valence-corrected chi connectivity index (χ1v) is 7.54. The van der Waals surface area contributed by atoms with Crippen molar-refractivity contribution in [3.63, 3.8) is 0 Å². The van der Waals surface area contributed by atoms with Gasteiger partial charge in [-0.15, -0.1) is 0 Å². The van der Waals surface area contributed by atoms with Crippen LogP contribution in [0.1, 0.15) is 16.0 Å². The van der Waals surface area contributed by atoms with E-state index in [1.807, 2.05) is 6.07 Å². The Morgan fingerprint density at radius 3 is 2.63 bits per heavy atom. The maximum atomic E-state index is 13.3. The number of hydrogen-bond acceptors (Lipinski definition) is 1. The van der Waals surface area contributed by atoms with Gasteiger partial charge in [0.05, 0.1) is 16.4 Å². The fourth-order valence-electron chi connectivity index (χ4n) is 1.83. The van der Waals surface area contributed by atoms with Crippen LogP contribution in [0.4, 0.5) is 4.39 Å². The summed E-state index contributed by atoms with van der Waals surface area (Å²) in [6.07, 6.45) is 0. The Labute approximate surface area is 133 Å². The Bertz CT molecular complexity index is 604. The highest BCUT2D eigenvalue weighted by atomic mass is 79.9. The van der Waals surface area contributed by atoms with Gasteiger partial charge in [0.15, 0.2) is 0 Å². The zero-order chi connectivity index (χ0) is 14.0. The molecule has 0 bridgehead atoms. The van der Waals surface area contributed by atoms with E-state index >= 15 is 0 Å². The third-order valence-corrected chi connectivity index (χ3v) is 4.48. The molecule has 0 spiro atoms. The lowest BCUT2D eigenvalue weighted by Gasteiger charge is -2.16. The van der Waals surface area contributed by atoms with Crippen LogP contribution in [0.15, 0.2) is 40.9 Å². The monoisotopic (exact) mass is 406 g/mol. The van der Waals surface area contributed by atoms with Gasteiger partial charge in [-0.2, -0.15) is 0 Å². The van der Waals surface area contributed by atoms with E-state index in [-0.39, 0.29) is 10.6 Å². The fourth-order valence-corrected chi connectivity index (χ4v) is 3.45. The number of alkyl halides is 1. The summed E-state index contributed by atoms with van der Waals surface area (Å²) in [6.45, 7) is 0. The molecule has 0 fully saturated rings. The molecule has 1 unspecified atom stereocenters. The summed E-state index contributed by atoms with van der Waals surface area (Å²) in [5.41, 5.74) is 1.64. The van der Waals surface area contributed by atoms with E-state index in [9.17, 15) is 4.39 Å². The van der Waals surface area contributed by atoms with Crippen LogP contribution in [0, 0.1) is 5.82 Å². The SMILES string of the molecule is COc1c(Br)cc(Cl)cc1C(Br)c1cccc(F)c1. The molecule has 0 heterocycles. The summed E-state index contributed by atoms with van der Waals surface area (Å²) in [7, 11) is 1.59. The molecule has 2 aromatic rings. The molecule has 100 valence electrons. The Morgan fingerprint density at radius 1 is 1.26 bits per heavy atom. The van der Waals surface area contributed by atoms with E-state index in [1.54, 1.807) is 25.3 Å². The van der Waals surface area contributed by atoms with Crippen molar-refractivity contribution >= 4 is 43.5 Å². The van der Waals surface area contributed by atoms with Gasteiger partial charge in [-0.1, -0.05) is 39.7 Å². The number of hydrogen-bond donors (Lipinski definition) is 0. The molecular weight excluding hydrogens is 398 g/mol. The predicted octanol–water partition coefficient (Wildman–Crippen LogP) is 5.73. The Morgan fingerprint density at radius 2 is 2.00 bits per heavy atom. The molecule has 0 aliphatic carbocycles. The van der Waals surface area contributed by atoms with Crippen molar-refractivity contribution in [3.8, 4) is 5.75 Å². The van der Waals surface area contributed by atoms with E-state index in [0.717, 1.165) is 15.6 Å². The van der Waals surface area contributed by atoms with Crippen LogP contribution < -0.4 is 4.74 Å². The van der Waals surface area contributed by atoms with Crippen molar-refractivity contribution < 1.29 is 9.13 Å². The molecule has 0 radical (unpaired) electrons. The first-order valence-electron chi connectivity index (χ1n) is 5.45. The van der Waals surface area contributed by atoms with Crippen LogP contribution in [-0.2, 0) is 0 Å². The lowest BCUT2D eigenvalue weighted by molar-refractivity contribution is 0.408. The van der Waals surface area contributed by atoms with Crippen LogP contribution in [0.2, 0.25) is 5.02 Å². The lowest BCUT2D eigenvalue weighted by Crippen LogP contribution is -1.98. The molecule has 2 aromatic carbocycles. The molecule has 1 atom stereocenters. The highest BCUT2D eigenvalue weighted by molar-refractivity contribution is 9.10. The highest BCUT2D eigenvalue weighted by Gasteiger charge is 2.18. The number of benzene rings is 2. The normalized spacial score (nSPS) is 12.3. The summed E-state index contributed by atoms with van der Waals surface area (Å²) in [6, 6.07) is 9.97. The molecule has 0 saturated heterocycles. The maximum absolute atomic E-state index is 13.3. The lowest BCUT2D eigenvalue weighted by atomic mass is 10.0. The largest absolute Gasteiger partial charge is 0.495 e. The van der Waals surface area contributed by atoms with Gasteiger partial charge < -0.3 is 4.74 Å². The quantitative estimate of drug-likeness (QED) is 0.589. The van der Waals surface area contributed by atoms with Crippen LogP contribution in [-0.4, -0.2) is 7.11 Å². The second-order valence-corrected chi connectivity index (χ2v) is 6.13. The van der Waals surface area contributed by atoms with Crippen molar-refractivity contribution in [1.29, 1.82) is 0 Å². The molecule has 0 aliphatic rings. The molecule has 0 amide bonds. The highest BCUT2D eigenvalue weighted by Crippen LogP contribution is 2.42. The van der Waals surface area contributed by atoms with Crippen LogP contribution in [0.25, 0.3) is 0 Å². The van der Waals surface area contributed by atoms with Gasteiger partial charge in [-0.3, -0.25) is 0 Å². The summed E-state index contributed by atoms with van der Waals surface area (Å²) in [4.78, 5) is -0.201. The average molecular weight is 408 g/mol. The second-order valence-electron chi connectivity index (χ2n) is 3.93. The fraction of sp³-hybridized carbons (Fsp3) is 0.143. The van der Waals surface area contributed by atoms with Crippen molar-refractivity contribution in [2.45, 2.75) is 4.83 Å². The van der Waals surface area contributed by atoms with E-state index in [1.165, 1.54) is 12.1 Å². The summed E-state index contributed by atoms with van der Waals surface area (Å²) in [5, 5.41) is 0.587. The molecular formula is C14H10Br2ClFO. The predicted molar refractivity (Wildman–Crippen MR) is 82.9 cm³/mol. The first-order chi connectivity index (χ1) is 9.02. The van der Waals surface area contributed by atoms with Gasteiger partial charge in [0, 0.05) is 10.6 Å². The third kappa shape index (κ3) is 3.30. The van der Waals surface area contributed by atoms with Crippen LogP contribution in [0.5, 0.6) is 5.75 Å². The minimum Gasteiger partial charge on any atom is -0.495 e. The smallest absolute Gasteiger partial charge is 0.137 e. The van der Waals surface area contributed by atoms with Crippen molar-refractivity contribution in [1.82, 2.24) is 0 Å². The van der Waals surface area contributed by atoms with Crippen LogP contribution in [0.3, 0.4) is 0 Å². The first kappa shape index (κ1) is 14.8. The molecule has 1 nitrogen and oxygen atoms in total. The number of rotatable bonds is 3. The average Bonchev–Trinajstić information content (AvgIpc) is 2.37. The summed E-state index contributed by atoms with van der Waals surface area (Å²) >= 11 is 13.0. The number of halogens is 4. The van der Waals surface area contributed by atoms with Crippen molar-refractivity contribution in [2.75, 3.05) is 7.11 Å². The van der Waals surface area contributed by atoms with E-state index in [4.69, 9.17) is 16.3 Å². The number of ether oxygens (including phenoxy) is 1. The Hall–Kier alpha value is -0.580. The molecule has 5 heteroatoms. The molecule has 0 saturated carbocycles. The molecule has 19 heavy (non-hydrogen) atoms. The molecule has 0 N–H and O–H groups in total. The van der Waals surface area contributed by atoms with Gasteiger partial charge in [0.1, 0.15) is 11.6 Å². The zero-order valence-corrected chi connectivity index (χ0v) is 13.9. The van der Waals surface area contributed by atoms with Crippen molar-refractivity contribution in [3.05, 3.63) is 62.8 Å². The zero-order valence-electron chi connectivity index (χ0n) is 9.96. The minimum atomic E-state index is -0.276. The van der Waals surface area contributed by atoms with E-state index < -0.39 is 0 Å². The van der Waals surface area contributed by atoms with Crippen molar-refractivity contribution in [2.24, 2.45) is 0 Å². The van der Waals surface area contributed by atoms with Gasteiger partial charge in [-0.05, 0) is 45.8 Å². The molecule has 0 aromatic heterocycles. The van der Waals surface area contributed by atoms with Gasteiger partial charge in [-0.25, -0.2) is 4.39 Å². The van der Waals surface area contributed by atoms with E-state index in [2.05, 4.69) is 31.9 Å². The Kier molecular flexibility index (Phi) is 4.87. The molecule has 2 rings (SSSR count). The third-order valence-electron chi connectivity index (χ3n) is 2.66. The van der Waals surface area contributed by atoms with Gasteiger partial charge in [0.25, 0.3) is 0 Å². The summed E-state index contributed by atoms with van der Waals surface area (Å²) in [5.74, 6) is 0.401. The Balaban J connectivity index is 2.52. The van der Waals surface area contributed by atoms with Gasteiger partial charge >= 0.3 is 0 Å². The standard InChI is InChI=1S/C14H10Br2ClFO/c1-19-14-11(6-9(17)7-12(14)15)13(16)8-3-2-4-10(18)5-8/h2-7,13H,1H3. The topological polar surface area (TPSA) is 9.23 Å². The van der Waals surface area contributed by atoms with Crippen LogP contribution >= 0.6 is 43.5 Å². The number of methoxy groups -OCH3 is 1.